The molecule has 0 atom stereocenters. The summed E-state index contributed by atoms with van der Waals surface area (Å²) < 4.78 is 1.75. The second-order valence-corrected chi connectivity index (χ2v) is 8.07. The zero-order valence-electron chi connectivity index (χ0n) is 19.8. The highest BCUT2D eigenvalue weighted by Gasteiger charge is 2.15. The standard InChI is InChI=1S/C27H24N8O/c1-18-23(17-29-35(18)22-8-4-3-5-9-22)27(36)33-21-13-11-20(12-14-21)32-25-16-26(31-19(2)30-25)34-24-10-6-7-15-28-24/h3-17H,1-2H3,(H,33,36)(H2,28,30,31,32,34). The Labute approximate surface area is 208 Å². The van der Waals surface area contributed by atoms with Gasteiger partial charge < -0.3 is 16.0 Å². The highest BCUT2D eigenvalue weighted by molar-refractivity contribution is 6.05. The van der Waals surface area contributed by atoms with Crippen molar-refractivity contribution in [3.8, 4) is 5.69 Å². The fourth-order valence-electron chi connectivity index (χ4n) is 3.71. The summed E-state index contributed by atoms with van der Waals surface area (Å²) in [5.41, 5.74) is 3.69. The van der Waals surface area contributed by atoms with E-state index in [4.69, 9.17) is 0 Å². The van der Waals surface area contributed by atoms with Crippen molar-refractivity contribution in [2.45, 2.75) is 13.8 Å². The van der Waals surface area contributed by atoms with Crippen LogP contribution in [0.15, 0.2) is 91.3 Å². The third kappa shape index (κ3) is 5.20. The van der Waals surface area contributed by atoms with Gasteiger partial charge in [-0.15, -0.1) is 0 Å². The van der Waals surface area contributed by atoms with Crippen LogP contribution in [0.1, 0.15) is 21.9 Å². The van der Waals surface area contributed by atoms with Crippen LogP contribution in [0.3, 0.4) is 0 Å². The van der Waals surface area contributed by atoms with Crippen molar-refractivity contribution in [2.24, 2.45) is 0 Å². The largest absolute Gasteiger partial charge is 0.340 e. The van der Waals surface area contributed by atoms with Gasteiger partial charge in [0.15, 0.2) is 0 Å². The van der Waals surface area contributed by atoms with Crippen molar-refractivity contribution < 1.29 is 4.79 Å². The van der Waals surface area contributed by atoms with Crippen LogP contribution in [0, 0.1) is 13.8 Å². The van der Waals surface area contributed by atoms with Gasteiger partial charge in [-0.05, 0) is 62.4 Å². The summed E-state index contributed by atoms with van der Waals surface area (Å²) in [7, 11) is 0. The Morgan fingerprint density at radius 2 is 1.47 bits per heavy atom. The first kappa shape index (κ1) is 22.7. The topological polar surface area (TPSA) is 110 Å². The summed E-state index contributed by atoms with van der Waals surface area (Å²) in [5.74, 6) is 2.38. The van der Waals surface area contributed by atoms with Crippen molar-refractivity contribution in [3.05, 3.63) is 108 Å². The maximum Gasteiger partial charge on any atom is 0.259 e. The van der Waals surface area contributed by atoms with E-state index in [0.717, 1.165) is 17.1 Å². The minimum absolute atomic E-state index is 0.216. The first-order chi connectivity index (χ1) is 17.5. The minimum Gasteiger partial charge on any atom is -0.340 e. The number of benzene rings is 2. The molecule has 0 spiro atoms. The smallest absolute Gasteiger partial charge is 0.259 e. The van der Waals surface area contributed by atoms with Crippen LogP contribution in [0.2, 0.25) is 0 Å². The monoisotopic (exact) mass is 476 g/mol. The first-order valence-corrected chi connectivity index (χ1v) is 11.4. The number of aryl methyl sites for hydroxylation is 1. The number of aromatic nitrogens is 5. The van der Waals surface area contributed by atoms with Gasteiger partial charge in [-0.3, -0.25) is 4.79 Å². The highest BCUT2D eigenvalue weighted by Crippen LogP contribution is 2.22. The SMILES string of the molecule is Cc1nc(Nc2ccc(NC(=O)c3cnn(-c4ccccc4)c3C)cc2)cc(Nc2ccccn2)n1. The molecule has 0 fully saturated rings. The van der Waals surface area contributed by atoms with E-state index in [-0.39, 0.29) is 5.91 Å². The molecule has 36 heavy (non-hydrogen) atoms. The molecule has 0 saturated heterocycles. The molecule has 9 heteroatoms. The van der Waals surface area contributed by atoms with E-state index in [0.29, 0.717) is 34.5 Å². The van der Waals surface area contributed by atoms with Crippen molar-refractivity contribution in [1.29, 1.82) is 0 Å². The molecule has 0 aliphatic heterocycles. The Morgan fingerprint density at radius 1 is 0.778 bits per heavy atom. The molecule has 3 aromatic heterocycles. The number of pyridine rings is 1. The van der Waals surface area contributed by atoms with Gasteiger partial charge in [-0.1, -0.05) is 24.3 Å². The number of carbonyl (C=O) groups excluding carboxylic acids is 1. The summed E-state index contributed by atoms with van der Waals surface area (Å²) in [5, 5.41) is 13.8. The first-order valence-electron chi connectivity index (χ1n) is 11.4. The van der Waals surface area contributed by atoms with E-state index in [1.807, 2.05) is 92.7 Å². The highest BCUT2D eigenvalue weighted by atomic mass is 16.1. The van der Waals surface area contributed by atoms with E-state index in [1.165, 1.54) is 0 Å². The predicted octanol–water partition coefficient (Wildman–Crippen LogP) is 5.41. The third-order valence-corrected chi connectivity index (χ3v) is 5.43. The minimum atomic E-state index is -0.216. The van der Waals surface area contributed by atoms with Crippen LogP contribution in [-0.4, -0.2) is 30.6 Å². The van der Waals surface area contributed by atoms with Crippen LogP contribution in [-0.2, 0) is 0 Å². The lowest BCUT2D eigenvalue weighted by Crippen LogP contribution is -2.13. The Bertz CT molecular complexity index is 1480. The van der Waals surface area contributed by atoms with E-state index in [1.54, 1.807) is 17.1 Å². The zero-order chi connectivity index (χ0) is 24.9. The summed E-state index contributed by atoms with van der Waals surface area (Å²) in [4.78, 5) is 26.0. The summed E-state index contributed by atoms with van der Waals surface area (Å²) >= 11 is 0. The molecule has 0 aliphatic carbocycles. The molecule has 5 aromatic rings. The number of carbonyl (C=O) groups is 1. The fraction of sp³-hybridized carbons (Fsp3) is 0.0741. The summed E-state index contributed by atoms with van der Waals surface area (Å²) in [6.45, 7) is 3.71. The van der Waals surface area contributed by atoms with E-state index in [9.17, 15) is 4.79 Å². The van der Waals surface area contributed by atoms with Crippen LogP contribution in [0.5, 0.6) is 0 Å². The predicted molar refractivity (Wildman–Crippen MR) is 140 cm³/mol. The van der Waals surface area contributed by atoms with E-state index in [2.05, 4.69) is 36.0 Å². The van der Waals surface area contributed by atoms with Crippen LogP contribution in [0.4, 0.5) is 28.8 Å². The van der Waals surface area contributed by atoms with Gasteiger partial charge >= 0.3 is 0 Å². The molecule has 1 amide bonds. The number of hydrogen-bond donors (Lipinski definition) is 3. The van der Waals surface area contributed by atoms with Crippen LogP contribution >= 0.6 is 0 Å². The molecule has 0 radical (unpaired) electrons. The summed E-state index contributed by atoms with van der Waals surface area (Å²) in [6.07, 6.45) is 3.30. The Hall–Kier alpha value is -5.05. The second-order valence-electron chi connectivity index (χ2n) is 8.07. The molecule has 0 unspecified atom stereocenters. The van der Waals surface area contributed by atoms with Crippen molar-refractivity contribution in [3.63, 3.8) is 0 Å². The molecular weight excluding hydrogens is 452 g/mol. The number of anilines is 5. The maximum absolute atomic E-state index is 12.9. The Balaban J connectivity index is 1.25. The Kier molecular flexibility index (Phi) is 6.35. The van der Waals surface area contributed by atoms with Crippen molar-refractivity contribution >= 4 is 34.7 Å². The number of rotatable bonds is 7. The summed E-state index contributed by atoms with van der Waals surface area (Å²) in [6, 6.07) is 24.6. The average Bonchev–Trinajstić information content (AvgIpc) is 3.27. The van der Waals surface area contributed by atoms with Crippen LogP contribution < -0.4 is 16.0 Å². The van der Waals surface area contributed by atoms with E-state index >= 15 is 0 Å². The lowest BCUT2D eigenvalue weighted by atomic mass is 10.2. The molecule has 2 aromatic carbocycles. The van der Waals surface area contributed by atoms with Gasteiger partial charge in [0.2, 0.25) is 0 Å². The number of nitrogens with zero attached hydrogens (tertiary/aromatic N) is 5. The maximum atomic E-state index is 12.9. The molecule has 0 bridgehead atoms. The number of para-hydroxylation sites is 1. The van der Waals surface area contributed by atoms with Gasteiger partial charge in [0.1, 0.15) is 23.3 Å². The molecule has 0 saturated carbocycles. The molecular formula is C27H24N8O. The molecule has 3 N–H and O–H groups in total. The number of hydrogen-bond acceptors (Lipinski definition) is 7. The lowest BCUT2D eigenvalue weighted by molar-refractivity contribution is 0.102. The van der Waals surface area contributed by atoms with Gasteiger partial charge in [-0.25, -0.2) is 19.6 Å². The van der Waals surface area contributed by atoms with Gasteiger partial charge in [0.25, 0.3) is 5.91 Å². The number of nitrogens with one attached hydrogen (secondary N) is 3. The van der Waals surface area contributed by atoms with Crippen molar-refractivity contribution in [1.82, 2.24) is 24.7 Å². The van der Waals surface area contributed by atoms with Gasteiger partial charge in [0.05, 0.1) is 23.1 Å². The normalized spacial score (nSPS) is 10.6. The molecule has 9 nitrogen and oxygen atoms in total. The Morgan fingerprint density at radius 3 is 2.19 bits per heavy atom. The molecule has 3 heterocycles. The van der Waals surface area contributed by atoms with Gasteiger partial charge in [0, 0.05) is 23.6 Å². The lowest BCUT2D eigenvalue weighted by Gasteiger charge is -2.11. The third-order valence-electron chi connectivity index (χ3n) is 5.43. The second kappa shape index (κ2) is 10.1. The molecule has 5 rings (SSSR count). The van der Waals surface area contributed by atoms with Crippen molar-refractivity contribution in [2.75, 3.05) is 16.0 Å². The zero-order valence-corrected chi connectivity index (χ0v) is 19.8. The molecule has 0 aliphatic rings. The van der Waals surface area contributed by atoms with Crippen LogP contribution in [0.25, 0.3) is 5.69 Å². The molecule has 178 valence electrons. The number of amides is 1. The van der Waals surface area contributed by atoms with Gasteiger partial charge in [-0.2, -0.15) is 5.10 Å². The van der Waals surface area contributed by atoms with E-state index < -0.39 is 0 Å². The fourth-order valence-corrected chi connectivity index (χ4v) is 3.71. The quantitative estimate of drug-likeness (QED) is 0.288. The average molecular weight is 477 g/mol.